The number of hydrogen-bond acceptors (Lipinski definition) is 4. The lowest BCUT2D eigenvalue weighted by Crippen LogP contribution is -2.34. The van der Waals surface area contributed by atoms with Crippen LogP contribution in [0.15, 0.2) is 12.4 Å². The van der Waals surface area contributed by atoms with Crippen molar-refractivity contribution in [3.63, 3.8) is 0 Å². The van der Waals surface area contributed by atoms with Gasteiger partial charge in [-0.15, -0.1) is 0 Å². The quantitative estimate of drug-likeness (QED) is 0.811. The molecule has 0 spiro atoms. The van der Waals surface area contributed by atoms with Gasteiger partial charge in [-0.2, -0.15) is 0 Å². The van der Waals surface area contributed by atoms with Crippen LogP contribution in [0.25, 0.3) is 0 Å². The van der Waals surface area contributed by atoms with E-state index in [0.717, 1.165) is 25.8 Å². The van der Waals surface area contributed by atoms with Crippen molar-refractivity contribution in [3.05, 3.63) is 18.1 Å². The molecule has 0 bridgehead atoms. The SMILES string of the molecule is CCCNc1cnc(C(=O)NC2(C)CC2)cn1. The number of rotatable bonds is 5. The summed E-state index contributed by atoms with van der Waals surface area (Å²) in [5.74, 6) is 0.570. The first-order valence-electron chi connectivity index (χ1n) is 6.01. The molecule has 1 aromatic heterocycles. The number of hydrogen-bond donors (Lipinski definition) is 2. The highest BCUT2D eigenvalue weighted by atomic mass is 16.2. The zero-order valence-corrected chi connectivity index (χ0v) is 10.3. The molecule has 17 heavy (non-hydrogen) atoms. The van der Waals surface area contributed by atoms with Gasteiger partial charge in [-0.1, -0.05) is 6.92 Å². The first-order valence-corrected chi connectivity index (χ1v) is 6.01. The van der Waals surface area contributed by atoms with Gasteiger partial charge in [0, 0.05) is 12.1 Å². The van der Waals surface area contributed by atoms with Gasteiger partial charge in [-0.3, -0.25) is 4.79 Å². The van der Waals surface area contributed by atoms with Gasteiger partial charge in [0.1, 0.15) is 11.5 Å². The zero-order chi connectivity index (χ0) is 12.3. The maximum Gasteiger partial charge on any atom is 0.271 e. The van der Waals surface area contributed by atoms with Crippen molar-refractivity contribution in [2.75, 3.05) is 11.9 Å². The van der Waals surface area contributed by atoms with Crippen molar-refractivity contribution in [3.8, 4) is 0 Å². The summed E-state index contributed by atoms with van der Waals surface area (Å²) < 4.78 is 0. The fraction of sp³-hybridized carbons (Fsp3) is 0.583. The van der Waals surface area contributed by atoms with Gasteiger partial charge in [0.25, 0.3) is 5.91 Å². The molecule has 1 heterocycles. The van der Waals surface area contributed by atoms with Gasteiger partial charge in [0.05, 0.1) is 12.4 Å². The number of carbonyl (C=O) groups excluding carboxylic acids is 1. The monoisotopic (exact) mass is 234 g/mol. The highest BCUT2D eigenvalue weighted by molar-refractivity contribution is 5.92. The molecule has 0 aliphatic heterocycles. The predicted octanol–water partition coefficient (Wildman–Crippen LogP) is 1.58. The molecule has 0 radical (unpaired) electrons. The maximum atomic E-state index is 11.8. The molecule has 1 aliphatic rings. The molecule has 92 valence electrons. The number of anilines is 1. The van der Waals surface area contributed by atoms with E-state index < -0.39 is 0 Å². The Morgan fingerprint density at radius 2 is 2.18 bits per heavy atom. The van der Waals surface area contributed by atoms with Crippen LogP contribution in [0, 0.1) is 0 Å². The minimum Gasteiger partial charge on any atom is -0.369 e. The van der Waals surface area contributed by atoms with Crippen LogP contribution in [-0.2, 0) is 0 Å². The summed E-state index contributed by atoms with van der Waals surface area (Å²) >= 11 is 0. The highest BCUT2D eigenvalue weighted by Gasteiger charge is 2.39. The number of amides is 1. The Kier molecular flexibility index (Phi) is 3.26. The molecule has 2 N–H and O–H groups in total. The van der Waals surface area contributed by atoms with E-state index in [9.17, 15) is 4.79 Å². The molecular formula is C12H18N4O. The van der Waals surface area contributed by atoms with E-state index in [2.05, 4.69) is 27.5 Å². The molecule has 1 amide bonds. The zero-order valence-electron chi connectivity index (χ0n) is 10.3. The second-order valence-electron chi connectivity index (χ2n) is 4.73. The minimum absolute atomic E-state index is 0.0160. The fourth-order valence-electron chi connectivity index (χ4n) is 1.44. The van der Waals surface area contributed by atoms with Gasteiger partial charge >= 0.3 is 0 Å². The third-order valence-corrected chi connectivity index (χ3v) is 2.86. The second kappa shape index (κ2) is 4.69. The van der Waals surface area contributed by atoms with E-state index >= 15 is 0 Å². The standard InChI is InChI=1S/C12H18N4O/c1-3-6-13-10-8-14-9(7-15-10)11(17)16-12(2)4-5-12/h7-8H,3-6H2,1-2H3,(H,13,15)(H,16,17). The summed E-state index contributed by atoms with van der Waals surface area (Å²) in [4.78, 5) is 20.1. The Hall–Kier alpha value is -1.65. The van der Waals surface area contributed by atoms with E-state index in [1.54, 1.807) is 6.20 Å². The van der Waals surface area contributed by atoms with Crippen LogP contribution >= 0.6 is 0 Å². The Morgan fingerprint density at radius 1 is 1.41 bits per heavy atom. The number of aromatic nitrogens is 2. The van der Waals surface area contributed by atoms with Crippen LogP contribution in [0.5, 0.6) is 0 Å². The lowest BCUT2D eigenvalue weighted by atomic mass is 10.3. The van der Waals surface area contributed by atoms with E-state index in [1.165, 1.54) is 6.20 Å². The van der Waals surface area contributed by atoms with Crippen molar-refractivity contribution < 1.29 is 4.79 Å². The van der Waals surface area contributed by atoms with Crippen molar-refractivity contribution in [1.82, 2.24) is 15.3 Å². The summed E-state index contributed by atoms with van der Waals surface area (Å²) in [6.07, 6.45) is 6.23. The van der Waals surface area contributed by atoms with E-state index in [1.807, 2.05) is 6.92 Å². The Morgan fingerprint density at radius 3 is 2.71 bits per heavy atom. The Bertz CT molecular complexity index is 397. The van der Waals surface area contributed by atoms with Gasteiger partial charge in [0.15, 0.2) is 0 Å². The first-order chi connectivity index (χ1) is 8.13. The fourth-order valence-corrected chi connectivity index (χ4v) is 1.44. The van der Waals surface area contributed by atoms with Gasteiger partial charge < -0.3 is 10.6 Å². The third-order valence-electron chi connectivity index (χ3n) is 2.86. The molecule has 0 saturated heterocycles. The van der Waals surface area contributed by atoms with E-state index in [4.69, 9.17) is 0 Å². The molecule has 0 aromatic carbocycles. The average Bonchev–Trinajstić information content (AvgIpc) is 3.04. The summed E-state index contributed by atoms with van der Waals surface area (Å²) in [5, 5.41) is 6.06. The van der Waals surface area contributed by atoms with Crippen LogP contribution in [-0.4, -0.2) is 28.0 Å². The van der Waals surface area contributed by atoms with Crippen LogP contribution in [0.2, 0.25) is 0 Å². The summed E-state index contributed by atoms with van der Waals surface area (Å²) in [5.41, 5.74) is 0.359. The van der Waals surface area contributed by atoms with Crippen molar-refractivity contribution in [1.29, 1.82) is 0 Å². The summed E-state index contributed by atoms with van der Waals surface area (Å²) in [6.45, 7) is 4.98. The smallest absolute Gasteiger partial charge is 0.271 e. The number of nitrogens with one attached hydrogen (secondary N) is 2. The molecular weight excluding hydrogens is 216 g/mol. The van der Waals surface area contributed by atoms with Crippen molar-refractivity contribution in [2.45, 2.75) is 38.6 Å². The lowest BCUT2D eigenvalue weighted by Gasteiger charge is -2.10. The molecule has 2 rings (SSSR count). The molecule has 0 unspecified atom stereocenters. The number of nitrogens with zero attached hydrogens (tertiary/aromatic N) is 2. The summed E-state index contributed by atoms with van der Waals surface area (Å²) in [7, 11) is 0. The summed E-state index contributed by atoms with van der Waals surface area (Å²) in [6, 6.07) is 0. The normalized spacial score (nSPS) is 16.4. The van der Waals surface area contributed by atoms with Gasteiger partial charge in [-0.25, -0.2) is 9.97 Å². The molecule has 1 aliphatic carbocycles. The van der Waals surface area contributed by atoms with Crippen molar-refractivity contribution >= 4 is 11.7 Å². The second-order valence-corrected chi connectivity index (χ2v) is 4.73. The Balaban J connectivity index is 1.94. The van der Waals surface area contributed by atoms with E-state index in [-0.39, 0.29) is 11.4 Å². The van der Waals surface area contributed by atoms with Crippen molar-refractivity contribution in [2.24, 2.45) is 0 Å². The van der Waals surface area contributed by atoms with Crippen LogP contribution in [0.1, 0.15) is 43.6 Å². The molecule has 0 atom stereocenters. The topological polar surface area (TPSA) is 66.9 Å². The highest BCUT2D eigenvalue weighted by Crippen LogP contribution is 2.34. The predicted molar refractivity (Wildman–Crippen MR) is 65.9 cm³/mol. The molecule has 5 heteroatoms. The molecule has 1 aromatic rings. The molecule has 5 nitrogen and oxygen atoms in total. The van der Waals surface area contributed by atoms with Crippen LogP contribution in [0.3, 0.4) is 0 Å². The van der Waals surface area contributed by atoms with Gasteiger partial charge in [0.2, 0.25) is 0 Å². The Labute approximate surface area is 101 Å². The minimum atomic E-state index is -0.139. The van der Waals surface area contributed by atoms with Gasteiger partial charge in [-0.05, 0) is 26.2 Å². The number of carbonyl (C=O) groups is 1. The maximum absolute atomic E-state index is 11.8. The van der Waals surface area contributed by atoms with E-state index in [0.29, 0.717) is 11.5 Å². The molecule has 1 saturated carbocycles. The van der Waals surface area contributed by atoms with Crippen LogP contribution < -0.4 is 10.6 Å². The third kappa shape index (κ3) is 3.15. The molecule has 1 fully saturated rings. The lowest BCUT2D eigenvalue weighted by molar-refractivity contribution is 0.0930. The average molecular weight is 234 g/mol. The van der Waals surface area contributed by atoms with Crippen LogP contribution in [0.4, 0.5) is 5.82 Å². The largest absolute Gasteiger partial charge is 0.369 e. The first kappa shape index (κ1) is 11.8.